The molecule has 0 saturated carbocycles. The van der Waals surface area contributed by atoms with Gasteiger partial charge < -0.3 is 15.8 Å². The molecule has 0 aromatic heterocycles. The van der Waals surface area contributed by atoms with Gasteiger partial charge in [0.05, 0.1) is 6.61 Å². The predicted octanol–water partition coefficient (Wildman–Crippen LogP) is 0.514. The molecule has 0 fully saturated rings. The van der Waals surface area contributed by atoms with Crippen molar-refractivity contribution in [1.82, 2.24) is 5.32 Å². The van der Waals surface area contributed by atoms with Gasteiger partial charge in [0, 0.05) is 20.1 Å². The van der Waals surface area contributed by atoms with Crippen molar-refractivity contribution < 1.29 is 9.53 Å². The molecule has 0 heterocycles. The van der Waals surface area contributed by atoms with E-state index in [0.717, 1.165) is 6.42 Å². The van der Waals surface area contributed by atoms with E-state index in [9.17, 15) is 4.79 Å². The van der Waals surface area contributed by atoms with Crippen LogP contribution in [0.3, 0.4) is 0 Å². The average Bonchev–Trinajstić information content (AvgIpc) is 2.11. The van der Waals surface area contributed by atoms with Crippen LogP contribution < -0.4 is 11.1 Å². The Morgan fingerprint density at radius 3 is 2.64 bits per heavy atom. The maximum atomic E-state index is 11.2. The fourth-order valence-electron chi connectivity index (χ4n) is 1.10. The van der Waals surface area contributed by atoms with E-state index in [2.05, 4.69) is 19.2 Å². The summed E-state index contributed by atoms with van der Waals surface area (Å²) in [6.07, 6.45) is 1.34. The number of amides is 1. The molecule has 4 heteroatoms. The summed E-state index contributed by atoms with van der Waals surface area (Å²) >= 11 is 0. The monoisotopic (exact) mass is 202 g/mol. The van der Waals surface area contributed by atoms with Crippen LogP contribution in [-0.4, -0.2) is 32.7 Å². The lowest BCUT2D eigenvalue weighted by atomic mass is 9.89. The van der Waals surface area contributed by atoms with Crippen molar-refractivity contribution in [2.45, 2.75) is 26.7 Å². The van der Waals surface area contributed by atoms with E-state index in [1.54, 1.807) is 7.11 Å². The van der Waals surface area contributed by atoms with Gasteiger partial charge in [-0.3, -0.25) is 4.79 Å². The zero-order chi connectivity index (χ0) is 11.0. The van der Waals surface area contributed by atoms with Crippen LogP contribution in [0.25, 0.3) is 0 Å². The molecule has 1 amide bonds. The summed E-state index contributed by atoms with van der Waals surface area (Å²) in [6.45, 7) is 5.99. The Labute approximate surface area is 86.2 Å². The van der Waals surface area contributed by atoms with Crippen molar-refractivity contribution in [1.29, 1.82) is 0 Å². The fourth-order valence-corrected chi connectivity index (χ4v) is 1.10. The topological polar surface area (TPSA) is 64.3 Å². The summed E-state index contributed by atoms with van der Waals surface area (Å²) in [5.74, 6) is 0.0388. The van der Waals surface area contributed by atoms with E-state index < -0.39 is 0 Å². The van der Waals surface area contributed by atoms with Crippen LogP contribution in [0.15, 0.2) is 0 Å². The first-order valence-electron chi connectivity index (χ1n) is 4.97. The zero-order valence-electron chi connectivity index (χ0n) is 9.43. The molecule has 0 aromatic carbocycles. The molecular weight excluding hydrogens is 180 g/mol. The number of carbonyl (C=O) groups excluding carboxylic acids is 1. The number of hydrogen-bond donors (Lipinski definition) is 2. The minimum Gasteiger partial charge on any atom is -0.384 e. The van der Waals surface area contributed by atoms with Crippen molar-refractivity contribution in [3.63, 3.8) is 0 Å². The van der Waals surface area contributed by atoms with Crippen LogP contribution in [0.5, 0.6) is 0 Å². The van der Waals surface area contributed by atoms with Crippen LogP contribution in [-0.2, 0) is 9.53 Å². The first-order chi connectivity index (χ1) is 6.52. The van der Waals surface area contributed by atoms with Crippen molar-refractivity contribution in [2.24, 2.45) is 11.1 Å². The van der Waals surface area contributed by atoms with Crippen LogP contribution >= 0.6 is 0 Å². The van der Waals surface area contributed by atoms with E-state index in [1.807, 2.05) is 0 Å². The largest absolute Gasteiger partial charge is 0.384 e. The fraction of sp³-hybridized carbons (Fsp3) is 0.900. The normalized spacial score (nSPS) is 11.4. The van der Waals surface area contributed by atoms with Gasteiger partial charge in [0.15, 0.2) is 0 Å². The van der Waals surface area contributed by atoms with E-state index in [-0.39, 0.29) is 11.3 Å². The third-order valence-electron chi connectivity index (χ3n) is 2.12. The second-order valence-electron chi connectivity index (χ2n) is 4.22. The summed E-state index contributed by atoms with van der Waals surface area (Å²) in [6, 6.07) is 0. The highest BCUT2D eigenvalue weighted by Crippen LogP contribution is 2.17. The summed E-state index contributed by atoms with van der Waals surface area (Å²) in [5.41, 5.74) is 5.55. The molecule has 0 aliphatic carbocycles. The summed E-state index contributed by atoms with van der Waals surface area (Å²) in [7, 11) is 1.59. The van der Waals surface area contributed by atoms with Crippen LogP contribution in [0.2, 0.25) is 0 Å². The number of rotatable bonds is 7. The molecule has 0 radical (unpaired) electrons. The summed E-state index contributed by atoms with van der Waals surface area (Å²) in [5, 5.41) is 2.87. The number of nitrogens with two attached hydrogens (primary N) is 1. The number of methoxy groups -OCH3 is 1. The maximum absolute atomic E-state index is 11.2. The predicted molar refractivity (Wildman–Crippen MR) is 57.0 cm³/mol. The highest BCUT2D eigenvalue weighted by molar-refractivity contribution is 5.75. The number of ether oxygens (including phenoxy) is 1. The van der Waals surface area contributed by atoms with Gasteiger partial charge in [0.2, 0.25) is 5.91 Å². The third kappa shape index (κ3) is 6.86. The molecule has 14 heavy (non-hydrogen) atoms. The minimum atomic E-state index is 0.0388. The molecule has 0 saturated heterocycles. The molecule has 0 aliphatic rings. The highest BCUT2D eigenvalue weighted by atomic mass is 16.5. The third-order valence-corrected chi connectivity index (χ3v) is 2.12. The van der Waals surface area contributed by atoms with E-state index >= 15 is 0 Å². The Balaban J connectivity index is 3.64. The first kappa shape index (κ1) is 13.4. The molecule has 0 spiro atoms. The zero-order valence-corrected chi connectivity index (χ0v) is 9.43. The van der Waals surface area contributed by atoms with Gasteiger partial charge in [0.1, 0.15) is 0 Å². The quantitative estimate of drug-likeness (QED) is 0.632. The second kappa shape index (κ2) is 6.79. The lowest BCUT2D eigenvalue weighted by Crippen LogP contribution is -2.35. The van der Waals surface area contributed by atoms with Gasteiger partial charge in [-0.25, -0.2) is 0 Å². The lowest BCUT2D eigenvalue weighted by molar-refractivity contribution is -0.122. The molecule has 0 aromatic rings. The molecule has 0 unspecified atom stereocenters. The highest BCUT2D eigenvalue weighted by Gasteiger charge is 2.17. The van der Waals surface area contributed by atoms with Gasteiger partial charge in [-0.15, -0.1) is 0 Å². The van der Waals surface area contributed by atoms with Crippen molar-refractivity contribution >= 4 is 5.91 Å². The Bertz CT molecular complexity index is 170. The van der Waals surface area contributed by atoms with Crippen LogP contribution in [0.4, 0.5) is 0 Å². The van der Waals surface area contributed by atoms with Crippen LogP contribution in [0.1, 0.15) is 26.7 Å². The Morgan fingerprint density at radius 2 is 2.14 bits per heavy atom. The van der Waals surface area contributed by atoms with E-state index in [0.29, 0.717) is 26.1 Å². The number of hydrogen-bond acceptors (Lipinski definition) is 3. The summed E-state index contributed by atoms with van der Waals surface area (Å²) in [4.78, 5) is 11.2. The Morgan fingerprint density at radius 1 is 1.50 bits per heavy atom. The molecule has 3 N–H and O–H groups in total. The maximum Gasteiger partial charge on any atom is 0.222 e. The standard InChI is InChI=1S/C10H22N2O2/c1-10(2,5-6-11)8-12-9(13)4-7-14-3/h4-8,11H2,1-3H3,(H,12,13). The second-order valence-corrected chi connectivity index (χ2v) is 4.22. The van der Waals surface area contributed by atoms with Gasteiger partial charge in [0.25, 0.3) is 0 Å². The van der Waals surface area contributed by atoms with Gasteiger partial charge >= 0.3 is 0 Å². The molecule has 0 aliphatic heterocycles. The van der Waals surface area contributed by atoms with Crippen molar-refractivity contribution in [3.8, 4) is 0 Å². The molecule has 84 valence electrons. The van der Waals surface area contributed by atoms with Crippen LogP contribution in [0, 0.1) is 5.41 Å². The molecule has 0 bridgehead atoms. The summed E-state index contributed by atoms with van der Waals surface area (Å²) < 4.78 is 4.81. The lowest BCUT2D eigenvalue weighted by Gasteiger charge is -2.24. The van der Waals surface area contributed by atoms with E-state index in [4.69, 9.17) is 10.5 Å². The van der Waals surface area contributed by atoms with Crippen molar-refractivity contribution in [3.05, 3.63) is 0 Å². The van der Waals surface area contributed by atoms with Crippen molar-refractivity contribution in [2.75, 3.05) is 26.8 Å². The average molecular weight is 202 g/mol. The molecule has 4 nitrogen and oxygen atoms in total. The number of carbonyl (C=O) groups is 1. The van der Waals surface area contributed by atoms with Gasteiger partial charge in [-0.05, 0) is 18.4 Å². The molecular formula is C10H22N2O2. The SMILES string of the molecule is COCCC(=O)NCC(C)(C)CCN. The molecule has 0 rings (SSSR count). The number of nitrogens with one attached hydrogen (secondary N) is 1. The molecule has 0 atom stereocenters. The first-order valence-corrected chi connectivity index (χ1v) is 4.97. The minimum absolute atomic E-state index is 0.0388. The Kier molecular flexibility index (Phi) is 6.49. The van der Waals surface area contributed by atoms with Gasteiger partial charge in [-0.1, -0.05) is 13.8 Å². The Hall–Kier alpha value is -0.610. The smallest absolute Gasteiger partial charge is 0.222 e. The van der Waals surface area contributed by atoms with Gasteiger partial charge in [-0.2, -0.15) is 0 Å². The van der Waals surface area contributed by atoms with E-state index in [1.165, 1.54) is 0 Å².